The maximum atomic E-state index is 6.04. The summed E-state index contributed by atoms with van der Waals surface area (Å²) in [5.74, 6) is 0.559. The number of hydrogen-bond acceptors (Lipinski definition) is 5. The van der Waals surface area contributed by atoms with Crippen LogP contribution in [0.15, 0.2) is 24.3 Å². The van der Waals surface area contributed by atoms with Crippen molar-refractivity contribution in [3.05, 3.63) is 24.3 Å². The summed E-state index contributed by atoms with van der Waals surface area (Å²) < 4.78 is 12.1. The Kier molecular flexibility index (Phi) is 2.91. The monoisotopic (exact) mass is 272 g/mol. The van der Waals surface area contributed by atoms with Crippen LogP contribution in [-0.4, -0.2) is 38.9 Å². The summed E-state index contributed by atoms with van der Waals surface area (Å²) in [6.45, 7) is 8.15. The Labute approximate surface area is 118 Å². The second kappa shape index (κ2) is 4.39. The molecule has 0 unspecified atom stereocenters. The quantitative estimate of drug-likeness (QED) is 0.831. The number of H-pyrrole nitrogens is 1. The Bertz CT molecular complexity index is 597. The lowest BCUT2D eigenvalue weighted by molar-refractivity contribution is 0.00578. The fourth-order valence-electron chi connectivity index (χ4n) is 2.09. The first kappa shape index (κ1) is 13.3. The average molecular weight is 272 g/mol. The second-order valence-corrected chi connectivity index (χ2v) is 5.95. The van der Waals surface area contributed by atoms with Gasteiger partial charge in [-0.1, -0.05) is 24.3 Å². The molecule has 3 rings (SSSR count). The van der Waals surface area contributed by atoms with Crippen molar-refractivity contribution < 1.29 is 9.31 Å². The number of aromatic nitrogens is 4. The third kappa shape index (κ3) is 2.12. The van der Waals surface area contributed by atoms with Crippen molar-refractivity contribution in [2.75, 3.05) is 0 Å². The van der Waals surface area contributed by atoms with Crippen LogP contribution in [0.1, 0.15) is 27.7 Å². The van der Waals surface area contributed by atoms with E-state index in [1.165, 1.54) is 0 Å². The van der Waals surface area contributed by atoms with Crippen LogP contribution < -0.4 is 5.46 Å². The number of hydrogen-bond donors (Lipinski definition) is 1. The predicted molar refractivity (Wildman–Crippen MR) is 75.3 cm³/mol. The Morgan fingerprint density at radius 3 is 2.40 bits per heavy atom. The number of benzene rings is 1. The predicted octanol–water partition coefficient (Wildman–Crippen LogP) is 1.17. The molecular weight excluding hydrogens is 255 g/mol. The molecule has 1 fully saturated rings. The Morgan fingerprint density at radius 1 is 1.10 bits per heavy atom. The van der Waals surface area contributed by atoms with E-state index in [1.807, 2.05) is 52.0 Å². The summed E-state index contributed by atoms with van der Waals surface area (Å²) >= 11 is 0. The topological polar surface area (TPSA) is 72.9 Å². The highest BCUT2D eigenvalue weighted by Crippen LogP contribution is 2.36. The fraction of sp³-hybridized carbons (Fsp3) is 0.462. The van der Waals surface area contributed by atoms with Crippen molar-refractivity contribution in [1.82, 2.24) is 20.6 Å². The molecule has 1 aliphatic rings. The van der Waals surface area contributed by atoms with Crippen molar-refractivity contribution in [1.29, 1.82) is 0 Å². The van der Waals surface area contributed by atoms with Crippen molar-refractivity contribution >= 4 is 12.6 Å². The third-order valence-corrected chi connectivity index (χ3v) is 4.02. The molecule has 0 aliphatic carbocycles. The van der Waals surface area contributed by atoms with Gasteiger partial charge < -0.3 is 9.31 Å². The minimum Gasteiger partial charge on any atom is -0.399 e. The Balaban J connectivity index is 1.91. The van der Waals surface area contributed by atoms with Crippen molar-refractivity contribution in [3.63, 3.8) is 0 Å². The van der Waals surface area contributed by atoms with Crippen LogP contribution in [0.5, 0.6) is 0 Å². The standard InChI is InChI=1S/C13H17BN4O2/c1-12(2)13(3,4)20-14(19-12)10-7-5-6-9(8-10)11-15-17-18-16-11/h5-8H,1-4H3,(H,15,16,17,18). The van der Waals surface area contributed by atoms with E-state index in [0.29, 0.717) is 5.82 Å². The van der Waals surface area contributed by atoms with Crippen LogP contribution in [0.4, 0.5) is 0 Å². The van der Waals surface area contributed by atoms with Crippen LogP contribution in [-0.2, 0) is 9.31 Å². The molecule has 0 atom stereocenters. The van der Waals surface area contributed by atoms with Gasteiger partial charge in [0.2, 0.25) is 5.82 Å². The van der Waals surface area contributed by atoms with Crippen LogP contribution in [0.3, 0.4) is 0 Å². The van der Waals surface area contributed by atoms with E-state index in [1.54, 1.807) is 0 Å². The summed E-state index contributed by atoms with van der Waals surface area (Å²) in [5, 5.41) is 14.0. The van der Waals surface area contributed by atoms with E-state index < -0.39 is 0 Å². The van der Waals surface area contributed by atoms with E-state index in [9.17, 15) is 0 Å². The third-order valence-electron chi connectivity index (χ3n) is 4.02. The van der Waals surface area contributed by atoms with E-state index in [4.69, 9.17) is 9.31 Å². The Morgan fingerprint density at radius 2 is 1.80 bits per heavy atom. The van der Waals surface area contributed by atoms with Crippen LogP contribution in [0.2, 0.25) is 0 Å². The minimum absolute atomic E-state index is 0.347. The van der Waals surface area contributed by atoms with Gasteiger partial charge in [-0.25, -0.2) is 0 Å². The molecule has 7 heteroatoms. The molecule has 1 saturated heterocycles. The Hall–Kier alpha value is -1.73. The van der Waals surface area contributed by atoms with Crippen LogP contribution in [0, 0.1) is 0 Å². The maximum Gasteiger partial charge on any atom is 0.494 e. The summed E-state index contributed by atoms with van der Waals surface area (Å²) in [4.78, 5) is 0. The van der Waals surface area contributed by atoms with Gasteiger partial charge in [0, 0.05) is 5.56 Å². The van der Waals surface area contributed by atoms with Gasteiger partial charge in [-0.2, -0.15) is 5.21 Å². The first-order valence-electron chi connectivity index (χ1n) is 6.58. The molecule has 104 valence electrons. The summed E-state index contributed by atoms with van der Waals surface area (Å²) in [6, 6.07) is 7.81. The van der Waals surface area contributed by atoms with Gasteiger partial charge in [0.15, 0.2) is 0 Å². The van der Waals surface area contributed by atoms with Gasteiger partial charge in [0.1, 0.15) is 0 Å². The molecule has 1 aromatic heterocycles. The molecule has 20 heavy (non-hydrogen) atoms. The van der Waals surface area contributed by atoms with Gasteiger partial charge in [-0.05, 0) is 38.4 Å². The smallest absolute Gasteiger partial charge is 0.399 e. The number of nitrogens with zero attached hydrogens (tertiary/aromatic N) is 3. The van der Waals surface area contributed by atoms with E-state index in [0.717, 1.165) is 11.0 Å². The summed E-state index contributed by atoms with van der Waals surface area (Å²) in [7, 11) is -0.383. The van der Waals surface area contributed by atoms with Crippen LogP contribution in [0.25, 0.3) is 11.4 Å². The first-order valence-corrected chi connectivity index (χ1v) is 6.58. The van der Waals surface area contributed by atoms with Gasteiger partial charge in [-0.3, -0.25) is 0 Å². The molecule has 1 aromatic carbocycles. The van der Waals surface area contributed by atoms with Crippen LogP contribution >= 0.6 is 0 Å². The lowest BCUT2D eigenvalue weighted by atomic mass is 9.78. The SMILES string of the molecule is CC1(C)OB(c2cccc(-c3nn[nH]n3)c2)OC1(C)C. The minimum atomic E-state index is -0.383. The lowest BCUT2D eigenvalue weighted by Gasteiger charge is -2.32. The van der Waals surface area contributed by atoms with E-state index >= 15 is 0 Å². The van der Waals surface area contributed by atoms with Gasteiger partial charge in [0.25, 0.3) is 0 Å². The van der Waals surface area contributed by atoms with Gasteiger partial charge in [-0.15, -0.1) is 10.2 Å². The molecule has 0 spiro atoms. The maximum absolute atomic E-state index is 6.04. The van der Waals surface area contributed by atoms with E-state index in [2.05, 4.69) is 20.6 Å². The molecular formula is C13H17BN4O2. The van der Waals surface area contributed by atoms with Gasteiger partial charge in [0.05, 0.1) is 11.2 Å². The van der Waals surface area contributed by atoms with Crippen molar-refractivity contribution in [2.45, 2.75) is 38.9 Å². The van der Waals surface area contributed by atoms with Gasteiger partial charge >= 0.3 is 7.12 Å². The molecule has 1 aliphatic heterocycles. The molecule has 0 radical (unpaired) electrons. The highest BCUT2D eigenvalue weighted by Gasteiger charge is 2.51. The van der Waals surface area contributed by atoms with E-state index in [-0.39, 0.29) is 18.3 Å². The molecule has 2 aromatic rings. The lowest BCUT2D eigenvalue weighted by Crippen LogP contribution is -2.41. The summed E-state index contributed by atoms with van der Waals surface area (Å²) in [5.41, 5.74) is 1.14. The normalized spacial score (nSPS) is 20.3. The second-order valence-electron chi connectivity index (χ2n) is 5.95. The average Bonchev–Trinajstić information content (AvgIpc) is 2.97. The zero-order valence-electron chi connectivity index (χ0n) is 12.0. The highest BCUT2D eigenvalue weighted by atomic mass is 16.7. The number of rotatable bonds is 2. The number of tetrazole rings is 1. The number of nitrogens with one attached hydrogen (secondary N) is 1. The fourth-order valence-corrected chi connectivity index (χ4v) is 2.09. The molecule has 0 amide bonds. The molecule has 0 bridgehead atoms. The highest BCUT2D eigenvalue weighted by molar-refractivity contribution is 6.62. The van der Waals surface area contributed by atoms with Crippen molar-refractivity contribution in [2.24, 2.45) is 0 Å². The largest absolute Gasteiger partial charge is 0.494 e. The summed E-state index contributed by atoms with van der Waals surface area (Å²) in [6.07, 6.45) is 0. The van der Waals surface area contributed by atoms with Crippen molar-refractivity contribution in [3.8, 4) is 11.4 Å². The molecule has 1 N–H and O–H groups in total. The molecule has 2 heterocycles. The first-order chi connectivity index (χ1) is 9.39. The zero-order valence-corrected chi connectivity index (χ0v) is 12.0. The number of aromatic amines is 1. The zero-order chi connectivity index (χ0) is 14.4. The molecule has 0 saturated carbocycles. The molecule has 6 nitrogen and oxygen atoms in total.